The van der Waals surface area contributed by atoms with Crippen molar-refractivity contribution in [3.05, 3.63) is 29.3 Å². The fraction of sp³-hybridized carbons (Fsp3) is 0.500. The van der Waals surface area contributed by atoms with Crippen LogP contribution in [0.1, 0.15) is 6.42 Å². The third-order valence-corrected chi connectivity index (χ3v) is 4.07. The maximum atomic E-state index is 12.1. The number of hydrogen-bond donors (Lipinski definition) is 2. The summed E-state index contributed by atoms with van der Waals surface area (Å²) in [6.07, 6.45) is 0.316. The number of benzene rings is 1. The lowest BCUT2D eigenvalue weighted by molar-refractivity contribution is -0.133. The van der Waals surface area contributed by atoms with E-state index >= 15 is 0 Å². The molecule has 0 atom stereocenters. The molecular weight excluding hydrogens is 316 g/mol. The molecule has 0 bridgehead atoms. The van der Waals surface area contributed by atoms with Gasteiger partial charge in [-0.05, 0) is 19.2 Å². The van der Waals surface area contributed by atoms with Crippen LogP contribution in [0.5, 0.6) is 0 Å². The van der Waals surface area contributed by atoms with Gasteiger partial charge in [-0.2, -0.15) is 0 Å². The van der Waals surface area contributed by atoms with Gasteiger partial charge in [-0.3, -0.25) is 14.5 Å². The summed E-state index contributed by atoms with van der Waals surface area (Å²) in [5.41, 5.74) is 0.610. The SMILES string of the molecule is CN(CCC(=O)Nc1ccccc1Cl)CC(=O)N1CCNCC1. The van der Waals surface area contributed by atoms with Crippen molar-refractivity contribution < 1.29 is 9.59 Å². The van der Waals surface area contributed by atoms with Gasteiger partial charge in [0.05, 0.1) is 17.3 Å². The maximum absolute atomic E-state index is 12.1. The number of carbonyl (C=O) groups excluding carboxylic acids is 2. The third kappa shape index (κ3) is 5.82. The molecule has 0 saturated carbocycles. The Labute approximate surface area is 141 Å². The van der Waals surface area contributed by atoms with E-state index in [1.165, 1.54) is 0 Å². The minimum atomic E-state index is -0.112. The maximum Gasteiger partial charge on any atom is 0.236 e. The standard InChI is InChI=1S/C16H23ClN4O2/c1-20(12-16(23)21-10-7-18-8-11-21)9-6-15(22)19-14-5-3-2-4-13(14)17/h2-5,18H,6-12H2,1H3,(H,19,22). The van der Waals surface area contributed by atoms with Crippen molar-refractivity contribution in [1.29, 1.82) is 0 Å². The molecule has 0 unspecified atom stereocenters. The largest absolute Gasteiger partial charge is 0.339 e. The van der Waals surface area contributed by atoms with Gasteiger partial charge in [0.15, 0.2) is 0 Å². The minimum absolute atomic E-state index is 0.112. The highest BCUT2D eigenvalue weighted by Crippen LogP contribution is 2.20. The van der Waals surface area contributed by atoms with Crippen molar-refractivity contribution in [3.63, 3.8) is 0 Å². The molecule has 1 aliphatic heterocycles. The third-order valence-electron chi connectivity index (χ3n) is 3.74. The highest BCUT2D eigenvalue weighted by atomic mass is 35.5. The molecule has 2 rings (SSSR count). The fourth-order valence-electron chi connectivity index (χ4n) is 2.39. The monoisotopic (exact) mass is 338 g/mol. The second-order valence-corrected chi connectivity index (χ2v) is 6.05. The number of rotatable bonds is 6. The van der Waals surface area contributed by atoms with Gasteiger partial charge in [-0.15, -0.1) is 0 Å². The van der Waals surface area contributed by atoms with E-state index in [2.05, 4.69) is 10.6 Å². The van der Waals surface area contributed by atoms with Crippen molar-refractivity contribution in [3.8, 4) is 0 Å². The van der Waals surface area contributed by atoms with Gasteiger partial charge in [0.2, 0.25) is 11.8 Å². The summed E-state index contributed by atoms with van der Waals surface area (Å²) in [6, 6.07) is 7.13. The first kappa shape index (κ1) is 17.7. The average Bonchev–Trinajstić information content (AvgIpc) is 2.56. The van der Waals surface area contributed by atoms with Gasteiger partial charge >= 0.3 is 0 Å². The molecule has 0 aliphatic carbocycles. The summed E-state index contributed by atoms with van der Waals surface area (Å²) in [7, 11) is 1.85. The van der Waals surface area contributed by atoms with E-state index in [0.717, 1.165) is 26.2 Å². The Bertz CT molecular complexity index is 547. The van der Waals surface area contributed by atoms with Crippen LogP contribution in [-0.2, 0) is 9.59 Å². The van der Waals surface area contributed by atoms with Crippen LogP contribution in [0.15, 0.2) is 24.3 Å². The van der Waals surface area contributed by atoms with E-state index in [0.29, 0.717) is 30.2 Å². The van der Waals surface area contributed by atoms with Gasteiger partial charge in [0.25, 0.3) is 0 Å². The topological polar surface area (TPSA) is 64.7 Å². The van der Waals surface area contributed by atoms with Crippen LogP contribution >= 0.6 is 11.6 Å². The van der Waals surface area contributed by atoms with Crippen LogP contribution in [0.4, 0.5) is 5.69 Å². The molecule has 2 amide bonds. The zero-order valence-electron chi connectivity index (χ0n) is 13.3. The molecule has 7 heteroatoms. The number of halogens is 1. The van der Waals surface area contributed by atoms with Gasteiger partial charge in [-0.1, -0.05) is 23.7 Å². The Hall–Kier alpha value is -1.63. The van der Waals surface area contributed by atoms with Crippen molar-refractivity contribution in [2.24, 2.45) is 0 Å². The van der Waals surface area contributed by atoms with Crippen molar-refractivity contribution in [1.82, 2.24) is 15.1 Å². The molecular formula is C16H23ClN4O2. The Kier molecular flexibility index (Phi) is 6.83. The smallest absolute Gasteiger partial charge is 0.236 e. The van der Waals surface area contributed by atoms with Crippen molar-refractivity contribution in [2.45, 2.75) is 6.42 Å². The molecule has 2 N–H and O–H groups in total. The molecule has 23 heavy (non-hydrogen) atoms. The van der Waals surface area contributed by atoms with Crippen LogP contribution < -0.4 is 10.6 Å². The van der Waals surface area contributed by atoms with Crippen molar-refractivity contribution in [2.75, 3.05) is 51.6 Å². The average molecular weight is 339 g/mol. The molecule has 6 nitrogen and oxygen atoms in total. The second-order valence-electron chi connectivity index (χ2n) is 5.65. The molecule has 1 saturated heterocycles. The first-order chi connectivity index (χ1) is 11.1. The van der Waals surface area contributed by atoms with Crippen LogP contribution in [0, 0.1) is 0 Å². The molecule has 1 aliphatic rings. The number of hydrogen-bond acceptors (Lipinski definition) is 4. The zero-order chi connectivity index (χ0) is 16.7. The summed E-state index contributed by atoms with van der Waals surface area (Å²) in [6.45, 7) is 4.04. The number of likely N-dealkylation sites (N-methyl/N-ethyl adjacent to an activating group) is 1. The van der Waals surface area contributed by atoms with Gasteiger partial charge in [0, 0.05) is 39.1 Å². The second kappa shape index (κ2) is 8.86. The lowest BCUT2D eigenvalue weighted by atomic mass is 10.3. The predicted octanol–water partition coefficient (Wildman–Crippen LogP) is 1.03. The highest BCUT2D eigenvalue weighted by molar-refractivity contribution is 6.33. The van der Waals surface area contributed by atoms with Crippen LogP contribution in [-0.4, -0.2) is 67.9 Å². The van der Waals surface area contributed by atoms with E-state index in [9.17, 15) is 9.59 Å². The number of amides is 2. The number of para-hydroxylation sites is 1. The first-order valence-electron chi connectivity index (χ1n) is 7.77. The fourth-order valence-corrected chi connectivity index (χ4v) is 2.57. The Morgan fingerprint density at radius 2 is 2.00 bits per heavy atom. The van der Waals surface area contributed by atoms with Gasteiger partial charge in [0.1, 0.15) is 0 Å². The van der Waals surface area contributed by atoms with E-state index in [-0.39, 0.29) is 11.8 Å². The molecule has 0 radical (unpaired) electrons. The molecule has 126 valence electrons. The van der Waals surface area contributed by atoms with Crippen LogP contribution in [0.3, 0.4) is 0 Å². The van der Waals surface area contributed by atoms with E-state index < -0.39 is 0 Å². The molecule has 0 aromatic heterocycles. The van der Waals surface area contributed by atoms with Crippen LogP contribution in [0.2, 0.25) is 5.02 Å². The lowest BCUT2D eigenvalue weighted by Crippen LogP contribution is -2.49. The summed E-state index contributed by atoms with van der Waals surface area (Å²) in [5, 5.41) is 6.52. The van der Waals surface area contributed by atoms with Crippen LogP contribution in [0.25, 0.3) is 0 Å². The lowest BCUT2D eigenvalue weighted by Gasteiger charge is -2.29. The number of anilines is 1. The summed E-state index contributed by atoms with van der Waals surface area (Å²) in [5.74, 6) is 0.0000773. The number of piperazine rings is 1. The number of carbonyl (C=O) groups is 2. The molecule has 1 fully saturated rings. The quantitative estimate of drug-likeness (QED) is 0.813. The Balaban J connectivity index is 1.71. The number of nitrogens with one attached hydrogen (secondary N) is 2. The molecule has 1 aromatic carbocycles. The molecule has 1 heterocycles. The van der Waals surface area contributed by atoms with E-state index in [1.54, 1.807) is 12.1 Å². The summed E-state index contributed by atoms with van der Waals surface area (Å²) in [4.78, 5) is 27.8. The molecule has 0 spiro atoms. The zero-order valence-corrected chi connectivity index (χ0v) is 14.1. The Morgan fingerprint density at radius 3 is 2.70 bits per heavy atom. The number of nitrogens with zero attached hydrogens (tertiary/aromatic N) is 2. The van der Waals surface area contributed by atoms with Gasteiger partial charge in [-0.25, -0.2) is 0 Å². The summed E-state index contributed by atoms with van der Waals surface area (Å²) >= 11 is 6.01. The van der Waals surface area contributed by atoms with E-state index in [1.807, 2.05) is 29.0 Å². The molecule has 1 aromatic rings. The van der Waals surface area contributed by atoms with Gasteiger partial charge < -0.3 is 15.5 Å². The summed E-state index contributed by atoms with van der Waals surface area (Å²) < 4.78 is 0. The normalized spacial score (nSPS) is 14.8. The van der Waals surface area contributed by atoms with Crippen molar-refractivity contribution >= 4 is 29.1 Å². The Morgan fingerprint density at radius 1 is 1.30 bits per heavy atom. The minimum Gasteiger partial charge on any atom is -0.339 e. The first-order valence-corrected chi connectivity index (χ1v) is 8.15. The predicted molar refractivity (Wildman–Crippen MR) is 91.6 cm³/mol. The van der Waals surface area contributed by atoms with E-state index in [4.69, 9.17) is 11.6 Å². The highest BCUT2D eigenvalue weighted by Gasteiger charge is 2.17.